The number of ether oxygens (including phenoxy) is 1. The summed E-state index contributed by atoms with van der Waals surface area (Å²) in [4.78, 5) is 21.7. The van der Waals surface area contributed by atoms with Crippen LogP contribution in [0.15, 0.2) is 36.5 Å². The number of aromatic hydroxyl groups is 1. The molecule has 0 saturated carbocycles. The van der Waals surface area contributed by atoms with Crippen molar-refractivity contribution < 1.29 is 14.6 Å². The fourth-order valence-corrected chi connectivity index (χ4v) is 3.35. The van der Waals surface area contributed by atoms with E-state index >= 15 is 0 Å². The molecule has 2 N–H and O–H groups in total. The molecule has 0 fully saturated rings. The Labute approximate surface area is 167 Å². The van der Waals surface area contributed by atoms with Crippen molar-refractivity contribution in [3.63, 3.8) is 0 Å². The third-order valence-electron chi connectivity index (χ3n) is 4.90. The van der Waals surface area contributed by atoms with Gasteiger partial charge in [0.05, 0.1) is 29.9 Å². The Morgan fingerprint density at radius 2 is 1.97 bits per heavy atom. The third-order valence-corrected chi connectivity index (χ3v) is 4.90. The number of aromatic nitrogens is 4. The van der Waals surface area contributed by atoms with Gasteiger partial charge in [-0.25, -0.2) is 9.97 Å². The summed E-state index contributed by atoms with van der Waals surface area (Å²) in [7, 11) is 1.60. The molecule has 0 aliphatic rings. The summed E-state index contributed by atoms with van der Waals surface area (Å²) >= 11 is 0. The predicted molar refractivity (Wildman–Crippen MR) is 108 cm³/mol. The summed E-state index contributed by atoms with van der Waals surface area (Å²) in [6, 6.07) is 9.00. The summed E-state index contributed by atoms with van der Waals surface area (Å²) in [6.45, 7) is 5.50. The van der Waals surface area contributed by atoms with E-state index in [1.807, 2.05) is 44.2 Å². The number of rotatable bonds is 4. The maximum atomic E-state index is 12.8. The van der Waals surface area contributed by atoms with Gasteiger partial charge >= 0.3 is 0 Å². The van der Waals surface area contributed by atoms with Crippen LogP contribution in [0.5, 0.6) is 11.5 Å². The second-order valence-corrected chi connectivity index (χ2v) is 6.94. The minimum atomic E-state index is -0.420. The lowest BCUT2D eigenvalue weighted by Gasteiger charge is -2.16. The number of carbonyl (C=O) groups is 1. The number of benzene rings is 1. The number of nitrogens with zero attached hydrogens (tertiary/aromatic N) is 4. The van der Waals surface area contributed by atoms with Gasteiger partial charge in [-0.05, 0) is 38.5 Å². The molecule has 0 saturated heterocycles. The molecule has 0 aliphatic carbocycles. The molecule has 0 radical (unpaired) electrons. The standard InChI is InChI=1S/C21H21N5O3/c1-11-9-17-23-13(3)18-19(27)16(10-22-20(18)26(17)25-11)21(28)24-12(2)14-5-7-15(29-4)8-6-14/h5-10,12H,1-4H3,(H,22,27)(H,24,28)/t12-/m0/s1. The number of methoxy groups -OCH3 is 1. The fourth-order valence-electron chi connectivity index (χ4n) is 3.35. The SMILES string of the molecule is COc1ccc([C@H](C)NC(=O)c2cnc3c(c(C)nc4cc(C)nn43)c2O)cc1. The summed E-state index contributed by atoms with van der Waals surface area (Å²) in [5.74, 6) is 0.164. The van der Waals surface area contributed by atoms with Crippen LogP contribution in [-0.2, 0) is 0 Å². The fraction of sp³-hybridized carbons (Fsp3) is 0.238. The van der Waals surface area contributed by atoms with Crippen LogP contribution in [0.2, 0.25) is 0 Å². The van der Waals surface area contributed by atoms with Crippen LogP contribution in [0, 0.1) is 13.8 Å². The molecule has 4 rings (SSSR count). The van der Waals surface area contributed by atoms with Crippen molar-refractivity contribution in [1.29, 1.82) is 0 Å². The Kier molecular flexibility index (Phi) is 4.54. The van der Waals surface area contributed by atoms with Crippen molar-refractivity contribution in [1.82, 2.24) is 24.9 Å². The zero-order chi connectivity index (χ0) is 20.7. The van der Waals surface area contributed by atoms with E-state index in [0.717, 1.165) is 17.0 Å². The van der Waals surface area contributed by atoms with Gasteiger partial charge in [0, 0.05) is 12.3 Å². The number of fused-ring (bicyclic) bond motifs is 3. The highest BCUT2D eigenvalue weighted by molar-refractivity contribution is 6.02. The molecule has 29 heavy (non-hydrogen) atoms. The molecule has 1 amide bonds. The molecule has 1 aromatic carbocycles. The van der Waals surface area contributed by atoms with Crippen molar-refractivity contribution in [2.45, 2.75) is 26.8 Å². The number of amides is 1. The molecule has 3 heterocycles. The summed E-state index contributed by atoms with van der Waals surface area (Å²) in [5.41, 5.74) is 3.48. The van der Waals surface area contributed by atoms with E-state index < -0.39 is 5.91 Å². The van der Waals surface area contributed by atoms with Gasteiger partial charge in [-0.1, -0.05) is 12.1 Å². The smallest absolute Gasteiger partial charge is 0.257 e. The normalized spacial score (nSPS) is 12.3. The molecular weight excluding hydrogens is 370 g/mol. The first-order valence-corrected chi connectivity index (χ1v) is 9.18. The van der Waals surface area contributed by atoms with E-state index in [9.17, 15) is 9.90 Å². The van der Waals surface area contributed by atoms with Gasteiger partial charge in [0.2, 0.25) is 0 Å². The Balaban J connectivity index is 1.69. The van der Waals surface area contributed by atoms with Crippen LogP contribution in [0.1, 0.15) is 40.3 Å². The lowest BCUT2D eigenvalue weighted by molar-refractivity contribution is 0.0937. The molecule has 4 aromatic rings. The highest BCUT2D eigenvalue weighted by Crippen LogP contribution is 2.30. The third kappa shape index (κ3) is 3.22. The van der Waals surface area contributed by atoms with E-state index in [2.05, 4.69) is 20.4 Å². The van der Waals surface area contributed by atoms with Crippen molar-refractivity contribution in [3.8, 4) is 11.5 Å². The maximum absolute atomic E-state index is 12.8. The molecule has 0 bridgehead atoms. The largest absolute Gasteiger partial charge is 0.506 e. The average Bonchev–Trinajstić information content (AvgIpc) is 3.08. The Bertz CT molecular complexity index is 1230. The highest BCUT2D eigenvalue weighted by atomic mass is 16.5. The summed E-state index contributed by atoms with van der Waals surface area (Å²) < 4.78 is 6.73. The Morgan fingerprint density at radius 3 is 2.66 bits per heavy atom. The van der Waals surface area contributed by atoms with Gasteiger partial charge in [0.25, 0.3) is 5.91 Å². The van der Waals surface area contributed by atoms with E-state index in [1.54, 1.807) is 18.5 Å². The van der Waals surface area contributed by atoms with Crippen LogP contribution in [-0.4, -0.2) is 37.7 Å². The number of pyridine rings is 1. The molecule has 0 spiro atoms. The second-order valence-electron chi connectivity index (χ2n) is 6.94. The second kappa shape index (κ2) is 7.05. The van der Waals surface area contributed by atoms with Crippen molar-refractivity contribution in [2.75, 3.05) is 7.11 Å². The molecular formula is C21H21N5O3. The Morgan fingerprint density at radius 1 is 1.24 bits per heavy atom. The van der Waals surface area contributed by atoms with E-state index in [-0.39, 0.29) is 17.4 Å². The maximum Gasteiger partial charge on any atom is 0.257 e. The molecule has 8 nitrogen and oxygen atoms in total. The average molecular weight is 391 g/mol. The van der Waals surface area contributed by atoms with Crippen molar-refractivity contribution in [2.24, 2.45) is 0 Å². The van der Waals surface area contributed by atoms with Gasteiger partial charge in [0.15, 0.2) is 11.3 Å². The molecule has 1 atom stereocenters. The zero-order valence-electron chi connectivity index (χ0n) is 16.6. The molecule has 8 heteroatoms. The van der Waals surface area contributed by atoms with E-state index in [1.165, 1.54) is 6.20 Å². The van der Waals surface area contributed by atoms with Gasteiger partial charge < -0.3 is 15.2 Å². The van der Waals surface area contributed by atoms with Crippen LogP contribution in [0.4, 0.5) is 0 Å². The minimum Gasteiger partial charge on any atom is -0.506 e. The van der Waals surface area contributed by atoms with Gasteiger partial charge in [-0.3, -0.25) is 4.79 Å². The molecule has 0 unspecified atom stereocenters. The first kappa shape index (κ1) is 18.7. The summed E-state index contributed by atoms with van der Waals surface area (Å²) in [6.07, 6.45) is 1.36. The Hall–Kier alpha value is -3.68. The zero-order valence-corrected chi connectivity index (χ0v) is 16.6. The highest BCUT2D eigenvalue weighted by Gasteiger charge is 2.21. The van der Waals surface area contributed by atoms with E-state index in [4.69, 9.17) is 4.74 Å². The lowest BCUT2D eigenvalue weighted by atomic mass is 10.1. The van der Waals surface area contributed by atoms with Crippen LogP contribution >= 0.6 is 0 Å². The van der Waals surface area contributed by atoms with E-state index in [0.29, 0.717) is 22.4 Å². The number of hydrogen-bond acceptors (Lipinski definition) is 6. The number of aryl methyl sites for hydroxylation is 2. The number of carbonyl (C=O) groups excluding carboxylic acids is 1. The molecule has 3 aromatic heterocycles. The van der Waals surface area contributed by atoms with Crippen LogP contribution in [0.3, 0.4) is 0 Å². The number of hydrogen-bond donors (Lipinski definition) is 2. The lowest BCUT2D eigenvalue weighted by Crippen LogP contribution is -2.27. The quantitative estimate of drug-likeness (QED) is 0.554. The van der Waals surface area contributed by atoms with Gasteiger partial charge in [-0.15, -0.1) is 0 Å². The molecule has 0 aliphatic heterocycles. The molecule has 148 valence electrons. The first-order valence-electron chi connectivity index (χ1n) is 9.18. The topological polar surface area (TPSA) is 102 Å². The van der Waals surface area contributed by atoms with Crippen molar-refractivity contribution >= 4 is 22.6 Å². The minimum absolute atomic E-state index is 0.0889. The first-order chi connectivity index (χ1) is 13.9. The van der Waals surface area contributed by atoms with Crippen LogP contribution in [0.25, 0.3) is 16.7 Å². The summed E-state index contributed by atoms with van der Waals surface area (Å²) in [5, 5.41) is 18.5. The van der Waals surface area contributed by atoms with Gasteiger partial charge in [0.1, 0.15) is 17.1 Å². The predicted octanol–water partition coefficient (Wildman–Crippen LogP) is 3.10. The van der Waals surface area contributed by atoms with Crippen LogP contribution < -0.4 is 10.1 Å². The van der Waals surface area contributed by atoms with Crippen molar-refractivity contribution in [3.05, 3.63) is 59.0 Å². The van der Waals surface area contributed by atoms with Gasteiger partial charge in [-0.2, -0.15) is 9.61 Å². The number of nitrogens with one attached hydrogen (secondary N) is 1. The monoisotopic (exact) mass is 391 g/mol.